The third kappa shape index (κ3) is 5.49. The number of nitrogens with one attached hydrogen (secondary N) is 2. The van der Waals surface area contributed by atoms with Crippen LogP contribution < -0.4 is 9.80 Å². The molecule has 0 saturated carbocycles. The minimum Gasteiger partial charge on any atom is -0.330 e. The summed E-state index contributed by atoms with van der Waals surface area (Å²) in [7, 11) is -3.46. The molecule has 0 spiro atoms. The Morgan fingerprint density at radius 3 is 2.04 bits per heavy atom. The second-order valence-corrected chi connectivity index (χ2v) is 10.00. The van der Waals surface area contributed by atoms with Crippen LogP contribution in [0.15, 0.2) is 29.2 Å². The van der Waals surface area contributed by atoms with E-state index in [1.807, 2.05) is 0 Å². The molecule has 0 radical (unpaired) electrons. The van der Waals surface area contributed by atoms with Gasteiger partial charge in [-0.15, -0.1) is 0 Å². The summed E-state index contributed by atoms with van der Waals surface area (Å²) in [6.07, 6.45) is 7.31. The number of non-ortho nitro benzene ring substituents is 1. The lowest BCUT2D eigenvalue weighted by atomic mass is 10.1. The first-order chi connectivity index (χ1) is 13.0. The average Bonchev–Trinajstić information content (AvgIpc) is 2.69. The summed E-state index contributed by atoms with van der Waals surface area (Å²) in [4.78, 5) is 13.5. The van der Waals surface area contributed by atoms with Crippen molar-refractivity contribution >= 4 is 15.5 Å². The largest absolute Gasteiger partial charge is 0.330 e. The summed E-state index contributed by atoms with van der Waals surface area (Å²) >= 11 is 0. The van der Waals surface area contributed by atoms with E-state index < -0.39 is 14.8 Å². The number of nitro benzene ring substituents is 1. The van der Waals surface area contributed by atoms with E-state index in [4.69, 9.17) is 0 Å². The van der Waals surface area contributed by atoms with Gasteiger partial charge in [0.05, 0.1) is 36.0 Å². The number of sulfone groups is 1. The lowest BCUT2D eigenvalue weighted by Gasteiger charge is -2.34. The molecule has 0 aromatic heterocycles. The van der Waals surface area contributed by atoms with Gasteiger partial charge in [0, 0.05) is 12.1 Å². The molecule has 150 valence electrons. The first-order valence-electron chi connectivity index (χ1n) is 10.1. The van der Waals surface area contributed by atoms with Crippen LogP contribution in [0.5, 0.6) is 0 Å². The fourth-order valence-corrected chi connectivity index (χ4v) is 6.10. The van der Waals surface area contributed by atoms with Crippen LogP contribution >= 0.6 is 0 Å². The van der Waals surface area contributed by atoms with Crippen LogP contribution in [0.4, 0.5) is 5.69 Å². The Morgan fingerprint density at radius 2 is 1.48 bits per heavy atom. The van der Waals surface area contributed by atoms with Crippen LogP contribution in [0, 0.1) is 10.1 Å². The first kappa shape index (κ1) is 20.2. The van der Waals surface area contributed by atoms with Gasteiger partial charge in [-0.3, -0.25) is 10.1 Å². The molecule has 7 nitrogen and oxygen atoms in total. The molecule has 2 aliphatic heterocycles. The molecule has 8 heteroatoms. The summed E-state index contributed by atoms with van der Waals surface area (Å²) in [5.41, 5.74) is -0.0788. The smallest absolute Gasteiger partial charge is 0.269 e. The van der Waals surface area contributed by atoms with E-state index in [2.05, 4.69) is 0 Å². The second-order valence-electron chi connectivity index (χ2n) is 7.96. The fourth-order valence-electron chi connectivity index (χ4n) is 4.48. The van der Waals surface area contributed by atoms with E-state index in [9.17, 15) is 18.5 Å². The van der Waals surface area contributed by atoms with Crippen LogP contribution in [0.25, 0.3) is 0 Å². The predicted molar refractivity (Wildman–Crippen MR) is 103 cm³/mol. The molecule has 2 aliphatic rings. The summed E-state index contributed by atoms with van der Waals surface area (Å²) in [5.74, 6) is 0.129. The van der Waals surface area contributed by atoms with Crippen molar-refractivity contribution in [3.8, 4) is 0 Å². The molecule has 0 unspecified atom stereocenters. The monoisotopic (exact) mass is 397 g/mol. The van der Waals surface area contributed by atoms with Crippen molar-refractivity contribution in [3.63, 3.8) is 0 Å². The Balaban J connectivity index is 1.75. The molecule has 2 fully saturated rings. The highest BCUT2D eigenvalue weighted by Gasteiger charge is 2.34. The normalized spacial score (nSPS) is 21.0. The van der Waals surface area contributed by atoms with Gasteiger partial charge in [0.2, 0.25) is 0 Å². The van der Waals surface area contributed by atoms with Gasteiger partial charge in [-0.25, -0.2) is 8.42 Å². The lowest BCUT2D eigenvalue weighted by molar-refractivity contribution is -0.979. The summed E-state index contributed by atoms with van der Waals surface area (Å²) in [5, 5.41) is 10.8. The van der Waals surface area contributed by atoms with Crippen molar-refractivity contribution in [2.24, 2.45) is 0 Å². The molecule has 1 atom stereocenters. The van der Waals surface area contributed by atoms with Crippen LogP contribution in [0.2, 0.25) is 0 Å². The minimum atomic E-state index is -3.46. The Hall–Kier alpha value is -1.51. The van der Waals surface area contributed by atoms with Crippen molar-refractivity contribution < 1.29 is 23.1 Å². The van der Waals surface area contributed by atoms with E-state index in [0.29, 0.717) is 0 Å². The number of nitrogens with zero attached hydrogens (tertiary/aromatic N) is 1. The van der Waals surface area contributed by atoms with Gasteiger partial charge in [0.15, 0.2) is 15.9 Å². The number of likely N-dealkylation sites (tertiary alicyclic amines) is 2. The highest BCUT2D eigenvalue weighted by molar-refractivity contribution is 7.91. The molecule has 1 aromatic rings. The molecule has 0 aliphatic carbocycles. The second kappa shape index (κ2) is 9.12. The van der Waals surface area contributed by atoms with Crippen LogP contribution in [0.3, 0.4) is 0 Å². The third-order valence-electron chi connectivity index (χ3n) is 6.00. The third-order valence-corrected chi connectivity index (χ3v) is 7.83. The number of hydrogen-bond acceptors (Lipinski definition) is 4. The molecular weight excluding hydrogens is 366 g/mol. The zero-order chi connectivity index (χ0) is 19.3. The van der Waals surface area contributed by atoms with Crippen molar-refractivity contribution in [1.82, 2.24) is 0 Å². The maximum atomic E-state index is 13.0. The van der Waals surface area contributed by atoms with Crippen molar-refractivity contribution in [2.75, 3.05) is 38.5 Å². The summed E-state index contributed by atoms with van der Waals surface area (Å²) in [6, 6.07) is 5.42. The maximum Gasteiger partial charge on any atom is 0.269 e. The molecule has 1 aromatic carbocycles. The van der Waals surface area contributed by atoms with Crippen LogP contribution in [-0.2, 0) is 9.84 Å². The minimum absolute atomic E-state index is 0.0788. The van der Waals surface area contributed by atoms with Crippen molar-refractivity contribution in [3.05, 3.63) is 34.4 Å². The van der Waals surface area contributed by atoms with Gasteiger partial charge in [-0.1, -0.05) is 0 Å². The summed E-state index contributed by atoms with van der Waals surface area (Å²) < 4.78 is 26.0. The van der Waals surface area contributed by atoms with Crippen molar-refractivity contribution in [1.29, 1.82) is 0 Å². The number of benzene rings is 1. The maximum absolute atomic E-state index is 13.0. The first-order valence-corrected chi connectivity index (χ1v) is 11.8. The van der Waals surface area contributed by atoms with Gasteiger partial charge in [0.25, 0.3) is 5.69 Å². The standard InChI is InChI=1S/C19H29N3O4S/c23-22(24)17-7-9-19(10-8-17)27(25,26)16-18(21-13-5-2-6-14-21)15-20-11-3-1-4-12-20/h7-10,18H,1-6,11-16H2/p+2/t18-/m1/s1. The van der Waals surface area contributed by atoms with E-state index in [0.717, 1.165) is 32.7 Å². The highest BCUT2D eigenvalue weighted by Crippen LogP contribution is 2.17. The van der Waals surface area contributed by atoms with Crippen LogP contribution in [0.1, 0.15) is 38.5 Å². The number of nitro groups is 1. The van der Waals surface area contributed by atoms with E-state index in [1.165, 1.54) is 72.6 Å². The molecule has 0 amide bonds. The fraction of sp³-hybridized carbons (Fsp3) is 0.684. The molecule has 2 N–H and O–H groups in total. The zero-order valence-corrected chi connectivity index (χ0v) is 16.7. The number of piperidine rings is 2. The van der Waals surface area contributed by atoms with Gasteiger partial charge >= 0.3 is 0 Å². The Morgan fingerprint density at radius 1 is 0.926 bits per heavy atom. The van der Waals surface area contributed by atoms with Gasteiger partial charge in [-0.05, 0) is 50.7 Å². The number of hydrogen-bond donors (Lipinski definition) is 2. The lowest BCUT2D eigenvalue weighted by Crippen LogP contribution is -3.24. The SMILES string of the molecule is O=[N+]([O-])c1ccc(S(=O)(=O)C[C@@H](C[NH+]2CCCCC2)[NH+]2CCCCC2)cc1. The van der Waals surface area contributed by atoms with E-state index >= 15 is 0 Å². The molecule has 3 rings (SSSR count). The molecule has 2 heterocycles. The van der Waals surface area contributed by atoms with Gasteiger partial charge in [0.1, 0.15) is 12.3 Å². The predicted octanol–water partition coefficient (Wildman–Crippen LogP) is -0.125. The molecular formula is C19H31N3O4S+2. The van der Waals surface area contributed by atoms with Gasteiger partial charge < -0.3 is 9.80 Å². The summed E-state index contributed by atoms with van der Waals surface area (Å²) in [6.45, 7) is 5.28. The zero-order valence-electron chi connectivity index (χ0n) is 15.9. The molecule has 2 saturated heterocycles. The van der Waals surface area contributed by atoms with Crippen LogP contribution in [-0.4, -0.2) is 57.9 Å². The number of quaternary nitrogens is 2. The Labute approximate surface area is 161 Å². The average molecular weight is 398 g/mol. The Bertz CT molecular complexity index is 724. The quantitative estimate of drug-likeness (QED) is 0.496. The highest BCUT2D eigenvalue weighted by atomic mass is 32.2. The van der Waals surface area contributed by atoms with E-state index in [1.54, 1.807) is 0 Å². The Kier molecular flexibility index (Phi) is 6.83. The van der Waals surface area contributed by atoms with E-state index in [-0.39, 0.29) is 22.4 Å². The number of rotatable bonds is 7. The topological polar surface area (TPSA) is 86.2 Å². The van der Waals surface area contributed by atoms with Crippen molar-refractivity contribution in [2.45, 2.75) is 49.5 Å². The molecule has 0 bridgehead atoms. The van der Waals surface area contributed by atoms with Gasteiger partial charge in [-0.2, -0.15) is 0 Å². The molecule has 27 heavy (non-hydrogen) atoms.